The predicted molar refractivity (Wildman–Crippen MR) is 93.4 cm³/mol. The SMILES string of the molecule is CC(C)(C)CCCCN1CCN(c2ccccc2Cl)CC1. The summed E-state index contributed by atoms with van der Waals surface area (Å²) < 4.78 is 0. The zero-order chi connectivity index (χ0) is 15.3. The molecule has 0 bridgehead atoms. The summed E-state index contributed by atoms with van der Waals surface area (Å²) >= 11 is 6.28. The molecule has 118 valence electrons. The molecule has 1 aliphatic rings. The first-order valence-corrected chi connectivity index (χ1v) is 8.55. The summed E-state index contributed by atoms with van der Waals surface area (Å²) in [6, 6.07) is 8.18. The first-order valence-electron chi connectivity index (χ1n) is 8.17. The van der Waals surface area contributed by atoms with Crippen LogP contribution in [0.25, 0.3) is 0 Å². The van der Waals surface area contributed by atoms with Crippen LogP contribution in [0.4, 0.5) is 5.69 Å². The number of anilines is 1. The van der Waals surface area contributed by atoms with Crippen LogP contribution in [0.1, 0.15) is 40.0 Å². The molecular weight excluding hydrogens is 280 g/mol. The molecule has 1 aliphatic heterocycles. The van der Waals surface area contributed by atoms with Crippen LogP contribution in [-0.2, 0) is 0 Å². The number of halogens is 1. The van der Waals surface area contributed by atoms with Crippen LogP contribution in [0.15, 0.2) is 24.3 Å². The largest absolute Gasteiger partial charge is 0.368 e. The number of piperazine rings is 1. The topological polar surface area (TPSA) is 6.48 Å². The minimum Gasteiger partial charge on any atom is -0.368 e. The summed E-state index contributed by atoms with van der Waals surface area (Å²) in [6.45, 7) is 12.7. The van der Waals surface area contributed by atoms with Crippen molar-refractivity contribution >= 4 is 17.3 Å². The van der Waals surface area contributed by atoms with E-state index in [9.17, 15) is 0 Å². The van der Waals surface area contributed by atoms with Gasteiger partial charge < -0.3 is 4.90 Å². The van der Waals surface area contributed by atoms with Crippen molar-refractivity contribution in [3.05, 3.63) is 29.3 Å². The van der Waals surface area contributed by atoms with Gasteiger partial charge in [-0.1, -0.05) is 50.9 Å². The van der Waals surface area contributed by atoms with Gasteiger partial charge in [-0.05, 0) is 36.9 Å². The average Bonchev–Trinajstić information content (AvgIpc) is 2.44. The molecule has 0 N–H and O–H groups in total. The molecule has 1 aromatic carbocycles. The molecule has 0 amide bonds. The Kier molecular flexibility index (Phi) is 5.95. The third kappa shape index (κ3) is 5.52. The maximum absolute atomic E-state index is 6.28. The molecular formula is C18H29ClN2. The Labute approximate surface area is 135 Å². The molecule has 1 fully saturated rings. The maximum Gasteiger partial charge on any atom is 0.0639 e. The molecule has 1 heterocycles. The lowest BCUT2D eigenvalue weighted by molar-refractivity contribution is 0.245. The van der Waals surface area contributed by atoms with Gasteiger partial charge in [0.2, 0.25) is 0 Å². The van der Waals surface area contributed by atoms with Crippen molar-refractivity contribution in [2.75, 3.05) is 37.6 Å². The first kappa shape index (κ1) is 16.6. The zero-order valence-electron chi connectivity index (χ0n) is 13.7. The second kappa shape index (κ2) is 7.51. The van der Waals surface area contributed by atoms with E-state index < -0.39 is 0 Å². The monoisotopic (exact) mass is 308 g/mol. The van der Waals surface area contributed by atoms with Gasteiger partial charge in [0.1, 0.15) is 0 Å². The van der Waals surface area contributed by atoms with E-state index in [1.807, 2.05) is 12.1 Å². The van der Waals surface area contributed by atoms with Crippen LogP contribution < -0.4 is 4.90 Å². The lowest BCUT2D eigenvalue weighted by Gasteiger charge is -2.36. The van der Waals surface area contributed by atoms with E-state index in [1.165, 1.54) is 31.5 Å². The quantitative estimate of drug-likeness (QED) is 0.729. The van der Waals surface area contributed by atoms with E-state index in [-0.39, 0.29) is 0 Å². The summed E-state index contributed by atoms with van der Waals surface area (Å²) in [5.41, 5.74) is 1.66. The van der Waals surface area contributed by atoms with E-state index in [1.54, 1.807) is 0 Å². The normalized spacial score (nSPS) is 17.2. The molecule has 0 radical (unpaired) electrons. The van der Waals surface area contributed by atoms with Crippen LogP contribution in [0.3, 0.4) is 0 Å². The van der Waals surface area contributed by atoms with Crippen LogP contribution in [-0.4, -0.2) is 37.6 Å². The number of benzene rings is 1. The van der Waals surface area contributed by atoms with Crippen molar-refractivity contribution < 1.29 is 0 Å². The van der Waals surface area contributed by atoms with Crippen molar-refractivity contribution in [3.63, 3.8) is 0 Å². The Balaban J connectivity index is 1.70. The van der Waals surface area contributed by atoms with Crippen LogP contribution >= 0.6 is 11.6 Å². The molecule has 0 aromatic heterocycles. The van der Waals surface area contributed by atoms with Crippen molar-refractivity contribution in [2.45, 2.75) is 40.0 Å². The standard InChI is InChI=1S/C18H29ClN2/c1-18(2,3)10-6-7-11-20-12-14-21(15-13-20)17-9-5-4-8-16(17)19/h4-5,8-9H,6-7,10-15H2,1-3H3. The molecule has 2 rings (SSSR count). The van der Waals surface area contributed by atoms with Gasteiger partial charge in [-0.15, -0.1) is 0 Å². The minimum atomic E-state index is 0.475. The van der Waals surface area contributed by atoms with E-state index >= 15 is 0 Å². The summed E-state index contributed by atoms with van der Waals surface area (Å²) in [5.74, 6) is 0. The highest BCUT2D eigenvalue weighted by Gasteiger charge is 2.18. The highest BCUT2D eigenvalue weighted by atomic mass is 35.5. The fraction of sp³-hybridized carbons (Fsp3) is 0.667. The minimum absolute atomic E-state index is 0.475. The fourth-order valence-electron chi connectivity index (χ4n) is 2.91. The molecule has 3 heteroatoms. The zero-order valence-corrected chi connectivity index (χ0v) is 14.5. The molecule has 0 unspecified atom stereocenters. The third-order valence-corrected chi connectivity index (χ3v) is 4.54. The third-order valence-electron chi connectivity index (χ3n) is 4.22. The molecule has 0 spiro atoms. The van der Waals surface area contributed by atoms with Gasteiger partial charge in [-0.25, -0.2) is 0 Å². The molecule has 0 saturated carbocycles. The number of nitrogens with zero attached hydrogens (tertiary/aromatic N) is 2. The second-order valence-electron chi connectivity index (χ2n) is 7.30. The van der Waals surface area contributed by atoms with E-state index in [2.05, 4.69) is 42.7 Å². The number of unbranched alkanes of at least 4 members (excludes halogenated alkanes) is 1. The van der Waals surface area contributed by atoms with E-state index in [0.29, 0.717) is 5.41 Å². The van der Waals surface area contributed by atoms with Gasteiger partial charge >= 0.3 is 0 Å². The summed E-state index contributed by atoms with van der Waals surface area (Å²) in [5, 5.41) is 0.871. The Bertz CT molecular complexity index is 431. The van der Waals surface area contributed by atoms with Gasteiger partial charge in [0.25, 0.3) is 0 Å². The number of hydrogen-bond donors (Lipinski definition) is 0. The smallest absolute Gasteiger partial charge is 0.0639 e. The fourth-order valence-corrected chi connectivity index (χ4v) is 3.17. The van der Waals surface area contributed by atoms with Gasteiger partial charge in [0.15, 0.2) is 0 Å². The Morgan fingerprint density at radius 3 is 2.29 bits per heavy atom. The van der Waals surface area contributed by atoms with Crippen molar-refractivity contribution in [2.24, 2.45) is 5.41 Å². The number of para-hydroxylation sites is 1. The van der Waals surface area contributed by atoms with Gasteiger partial charge in [-0.2, -0.15) is 0 Å². The number of hydrogen-bond acceptors (Lipinski definition) is 2. The Morgan fingerprint density at radius 2 is 1.67 bits per heavy atom. The van der Waals surface area contributed by atoms with Crippen molar-refractivity contribution in [3.8, 4) is 0 Å². The predicted octanol–water partition coefficient (Wildman–Crippen LogP) is 4.68. The van der Waals surface area contributed by atoms with Crippen molar-refractivity contribution in [1.82, 2.24) is 4.90 Å². The average molecular weight is 309 g/mol. The molecule has 0 atom stereocenters. The van der Waals surface area contributed by atoms with Crippen LogP contribution in [0.5, 0.6) is 0 Å². The molecule has 0 aliphatic carbocycles. The van der Waals surface area contributed by atoms with E-state index in [4.69, 9.17) is 11.6 Å². The molecule has 1 aromatic rings. The van der Waals surface area contributed by atoms with Crippen molar-refractivity contribution in [1.29, 1.82) is 0 Å². The summed E-state index contributed by atoms with van der Waals surface area (Å²) in [7, 11) is 0. The Morgan fingerprint density at radius 1 is 1.00 bits per heavy atom. The highest BCUT2D eigenvalue weighted by Crippen LogP contribution is 2.26. The molecule has 21 heavy (non-hydrogen) atoms. The van der Waals surface area contributed by atoms with Crippen LogP contribution in [0.2, 0.25) is 5.02 Å². The highest BCUT2D eigenvalue weighted by molar-refractivity contribution is 6.33. The van der Waals surface area contributed by atoms with Gasteiger partial charge in [0.05, 0.1) is 10.7 Å². The van der Waals surface area contributed by atoms with Gasteiger partial charge in [-0.3, -0.25) is 4.90 Å². The second-order valence-corrected chi connectivity index (χ2v) is 7.71. The lowest BCUT2D eigenvalue weighted by Crippen LogP contribution is -2.46. The maximum atomic E-state index is 6.28. The molecule has 2 nitrogen and oxygen atoms in total. The summed E-state index contributed by atoms with van der Waals surface area (Å²) in [4.78, 5) is 5.00. The van der Waals surface area contributed by atoms with Crippen LogP contribution in [0, 0.1) is 5.41 Å². The van der Waals surface area contributed by atoms with Gasteiger partial charge in [0, 0.05) is 26.2 Å². The number of rotatable bonds is 5. The first-order chi connectivity index (χ1) is 9.96. The Hall–Kier alpha value is -0.730. The van der Waals surface area contributed by atoms with E-state index in [0.717, 1.165) is 31.2 Å². The lowest BCUT2D eigenvalue weighted by atomic mass is 9.90. The summed E-state index contributed by atoms with van der Waals surface area (Å²) in [6.07, 6.45) is 3.99. The molecule has 1 saturated heterocycles.